The van der Waals surface area contributed by atoms with Crippen LogP contribution in [0.25, 0.3) is 0 Å². The second kappa shape index (κ2) is 7.24. The van der Waals surface area contributed by atoms with Gasteiger partial charge in [-0.05, 0) is 41.6 Å². The number of aromatic nitrogens is 1. The van der Waals surface area contributed by atoms with Crippen molar-refractivity contribution in [2.24, 2.45) is 4.40 Å². The number of halogens is 1. The molecule has 0 fully saturated rings. The lowest BCUT2D eigenvalue weighted by atomic mass is 10.3. The summed E-state index contributed by atoms with van der Waals surface area (Å²) in [6.07, 6.45) is 3.66. The highest BCUT2D eigenvalue weighted by Gasteiger charge is 2.18. The van der Waals surface area contributed by atoms with E-state index in [2.05, 4.69) is 38.9 Å². The Morgan fingerprint density at radius 1 is 1.62 bits per heavy atom. The van der Waals surface area contributed by atoms with Crippen molar-refractivity contribution in [1.82, 2.24) is 4.98 Å². The Morgan fingerprint density at radius 2 is 2.38 bits per heavy atom. The molecule has 0 radical (unpaired) electrons. The van der Waals surface area contributed by atoms with Crippen LogP contribution in [0.2, 0.25) is 0 Å². The van der Waals surface area contributed by atoms with E-state index in [0.29, 0.717) is 0 Å². The van der Waals surface area contributed by atoms with E-state index in [-0.39, 0.29) is 3.26 Å². The Hall–Kier alpha value is -0.140. The molecule has 0 aliphatic heterocycles. The van der Waals surface area contributed by atoms with Crippen molar-refractivity contribution < 1.29 is 4.55 Å². The van der Waals surface area contributed by atoms with Gasteiger partial charge in [-0.25, -0.2) is 0 Å². The maximum atomic E-state index is 11.8. The molecule has 0 aliphatic rings. The Morgan fingerprint density at radius 3 is 2.94 bits per heavy atom. The summed E-state index contributed by atoms with van der Waals surface area (Å²) in [5, 5.41) is 0. The summed E-state index contributed by atoms with van der Waals surface area (Å²) >= 11 is 1.03. The molecule has 0 spiro atoms. The van der Waals surface area contributed by atoms with Crippen molar-refractivity contribution in [2.75, 3.05) is 0 Å². The summed E-state index contributed by atoms with van der Waals surface area (Å²) in [7, 11) is 0. The van der Waals surface area contributed by atoms with Gasteiger partial charge in [0.15, 0.2) is 3.26 Å². The van der Waals surface area contributed by atoms with Crippen LogP contribution in [0.1, 0.15) is 32.4 Å². The summed E-state index contributed by atoms with van der Waals surface area (Å²) in [6.45, 7) is 3.92. The second-order valence-corrected chi connectivity index (χ2v) is 7.02. The highest BCUT2D eigenvalue weighted by molar-refractivity contribution is 14.1. The van der Waals surface area contributed by atoms with Gasteiger partial charge in [0.25, 0.3) is 0 Å². The molecule has 1 rings (SSSR count). The first kappa shape index (κ1) is 13.9. The molecule has 3 nitrogen and oxygen atoms in total. The van der Waals surface area contributed by atoms with Gasteiger partial charge < -0.3 is 4.55 Å². The second-order valence-electron chi connectivity index (χ2n) is 3.37. The molecule has 0 saturated heterocycles. The lowest BCUT2D eigenvalue weighted by Crippen LogP contribution is -2.14. The predicted octanol–water partition coefficient (Wildman–Crippen LogP) is 3.12. The Balaban J connectivity index is 2.69. The van der Waals surface area contributed by atoms with Crippen LogP contribution < -0.4 is 0 Å². The van der Waals surface area contributed by atoms with Crippen molar-refractivity contribution in [3.05, 3.63) is 30.1 Å². The third-order valence-electron chi connectivity index (χ3n) is 2.00. The standard InChI is InChI=1S/C11H15IN2OS/c1-3-6-11(12)16(15)14-9(2)10-7-4-5-8-13-10/h4-5,7-8,11H,3,6H2,1-2H3/b14-9+/t11?,16-/m1/s1. The zero-order valence-electron chi connectivity index (χ0n) is 9.39. The van der Waals surface area contributed by atoms with Crippen molar-refractivity contribution in [3.8, 4) is 0 Å². The van der Waals surface area contributed by atoms with Crippen LogP contribution in [-0.2, 0) is 11.4 Å². The molecule has 0 aliphatic carbocycles. The van der Waals surface area contributed by atoms with Crippen molar-refractivity contribution in [3.63, 3.8) is 0 Å². The van der Waals surface area contributed by atoms with Crippen LogP contribution in [0.4, 0.5) is 0 Å². The zero-order valence-corrected chi connectivity index (χ0v) is 12.4. The molecule has 0 saturated carbocycles. The van der Waals surface area contributed by atoms with Crippen LogP contribution in [-0.4, -0.2) is 18.5 Å². The van der Waals surface area contributed by atoms with Crippen LogP contribution in [0.15, 0.2) is 28.8 Å². The predicted molar refractivity (Wildman–Crippen MR) is 77.3 cm³/mol. The zero-order chi connectivity index (χ0) is 12.0. The molecular formula is C11H15IN2OS. The number of pyridine rings is 1. The molecule has 0 aromatic carbocycles. The molecule has 0 N–H and O–H groups in total. The Kier molecular flexibility index (Phi) is 6.30. The van der Waals surface area contributed by atoms with Crippen LogP contribution in [0.3, 0.4) is 0 Å². The van der Waals surface area contributed by atoms with Gasteiger partial charge in [0.2, 0.25) is 0 Å². The number of hydrogen-bond acceptors (Lipinski definition) is 3. The Bertz CT molecular complexity index is 345. The average Bonchev–Trinajstić information content (AvgIpc) is 2.30. The fourth-order valence-electron chi connectivity index (χ4n) is 1.14. The number of nitrogens with zero attached hydrogens (tertiary/aromatic N) is 2. The first-order chi connectivity index (χ1) is 7.65. The number of alkyl halides is 1. The van der Waals surface area contributed by atoms with E-state index in [4.69, 9.17) is 0 Å². The molecule has 1 aromatic heterocycles. The number of rotatable bonds is 5. The van der Waals surface area contributed by atoms with Gasteiger partial charge in [0.1, 0.15) is 17.1 Å². The number of hydrogen-bond donors (Lipinski definition) is 0. The highest BCUT2D eigenvalue weighted by Crippen LogP contribution is 2.18. The summed E-state index contributed by atoms with van der Waals surface area (Å²) in [4.78, 5) is 4.17. The molecule has 16 heavy (non-hydrogen) atoms. The van der Waals surface area contributed by atoms with Crippen molar-refractivity contribution in [2.45, 2.75) is 29.9 Å². The lowest BCUT2D eigenvalue weighted by molar-refractivity contribution is 0.591. The first-order valence-corrected chi connectivity index (χ1v) is 7.58. The van der Waals surface area contributed by atoms with E-state index in [9.17, 15) is 4.55 Å². The van der Waals surface area contributed by atoms with Crippen LogP contribution in [0.5, 0.6) is 0 Å². The Labute approximate surface area is 113 Å². The monoisotopic (exact) mass is 350 g/mol. The van der Waals surface area contributed by atoms with Crippen molar-refractivity contribution in [1.29, 1.82) is 0 Å². The summed E-state index contributed by atoms with van der Waals surface area (Å²) in [6, 6.07) is 5.63. The third kappa shape index (κ3) is 4.39. The van der Waals surface area contributed by atoms with Gasteiger partial charge in [-0.15, -0.1) is 0 Å². The minimum atomic E-state index is -1.16. The highest BCUT2D eigenvalue weighted by atomic mass is 127. The van der Waals surface area contributed by atoms with Gasteiger partial charge >= 0.3 is 0 Å². The van der Waals surface area contributed by atoms with E-state index in [1.54, 1.807) is 6.20 Å². The van der Waals surface area contributed by atoms with E-state index in [1.165, 1.54) is 0 Å². The third-order valence-corrected chi connectivity index (χ3v) is 5.05. The molecule has 0 bridgehead atoms. The van der Waals surface area contributed by atoms with E-state index >= 15 is 0 Å². The van der Waals surface area contributed by atoms with E-state index < -0.39 is 11.4 Å². The average molecular weight is 350 g/mol. The van der Waals surface area contributed by atoms with E-state index in [1.807, 2.05) is 25.1 Å². The summed E-state index contributed by atoms with van der Waals surface area (Å²) in [5.41, 5.74) is 1.52. The van der Waals surface area contributed by atoms with Crippen LogP contribution >= 0.6 is 22.6 Å². The molecule has 2 atom stereocenters. The van der Waals surface area contributed by atoms with E-state index in [0.717, 1.165) is 24.2 Å². The SMILES string of the molecule is CCCC(I)[S@@+]([O-])/N=C(\C)c1ccccn1. The minimum absolute atomic E-state index is 0.0845. The molecule has 1 heterocycles. The van der Waals surface area contributed by atoms with Gasteiger partial charge in [-0.3, -0.25) is 4.98 Å². The van der Waals surface area contributed by atoms with Gasteiger partial charge in [-0.1, -0.05) is 23.8 Å². The molecular weight excluding hydrogens is 335 g/mol. The largest absolute Gasteiger partial charge is 0.590 e. The summed E-state index contributed by atoms with van der Waals surface area (Å²) in [5.74, 6) is 0. The molecule has 1 unspecified atom stereocenters. The topological polar surface area (TPSA) is 48.3 Å². The molecule has 88 valence electrons. The fourth-order valence-corrected chi connectivity index (χ4v) is 3.02. The maximum absolute atomic E-state index is 11.8. The van der Waals surface area contributed by atoms with Crippen molar-refractivity contribution >= 4 is 39.7 Å². The van der Waals surface area contributed by atoms with Crippen LogP contribution in [0, 0.1) is 0 Å². The molecule has 1 aromatic rings. The van der Waals surface area contributed by atoms with Gasteiger partial charge in [0, 0.05) is 12.6 Å². The van der Waals surface area contributed by atoms with Gasteiger partial charge in [-0.2, -0.15) is 0 Å². The normalized spacial score (nSPS) is 15.9. The quantitative estimate of drug-likeness (QED) is 0.355. The first-order valence-electron chi connectivity index (χ1n) is 5.16. The lowest BCUT2D eigenvalue weighted by Gasteiger charge is -2.10. The maximum Gasteiger partial charge on any atom is 0.192 e. The molecule has 5 heteroatoms. The minimum Gasteiger partial charge on any atom is -0.590 e. The molecule has 0 amide bonds. The smallest absolute Gasteiger partial charge is 0.192 e. The van der Waals surface area contributed by atoms with Gasteiger partial charge in [0.05, 0.1) is 5.69 Å². The summed E-state index contributed by atoms with van der Waals surface area (Å²) < 4.78 is 16.1. The fraction of sp³-hybridized carbons (Fsp3) is 0.455.